The van der Waals surface area contributed by atoms with E-state index in [2.05, 4.69) is 106 Å². The molecular weight excluding hydrogens is 569 g/mol. The molecule has 1 atom stereocenters. The van der Waals surface area contributed by atoms with Crippen LogP contribution in [0, 0.1) is 0 Å². The van der Waals surface area contributed by atoms with Crippen LogP contribution in [0.25, 0.3) is 0 Å². The third kappa shape index (κ3) is 17.8. The molecule has 0 amide bonds. The van der Waals surface area contributed by atoms with E-state index in [0.717, 1.165) is 18.7 Å². The Balaban J connectivity index is 5.64. The van der Waals surface area contributed by atoms with E-state index in [1.807, 2.05) is 0 Å². The molecule has 0 aliphatic heterocycles. The maximum Gasteiger partial charge on any atom is 0.199 e. The highest BCUT2D eigenvalue weighted by molar-refractivity contribution is 6.86. The van der Waals surface area contributed by atoms with E-state index < -0.39 is 49.9 Å². The van der Waals surface area contributed by atoms with Gasteiger partial charge in [0.1, 0.15) is 0 Å². The second-order valence-corrected chi connectivity index (χ2v) is 42.1. The van der Waals surface area contributed by atoms with Gasteiger partial charge in [-0.15, -0.1) is 0 Å². The maximum absolute atomic E-state index is 7.02. The summed E-state index contributed by atoms with van der Waals surface area (Å²) in [5.41, 5.74) is -0.169. The minimum Gasteiger partial charge on any atom is -0.455 e. The minimum absolute atomic E-state index is 0.169. The van der Waals surface area contributed by atoms with Gasteiger partial charge in [0.05, 0.1) is 11.8 Å². The average Bonchev–Trinajstić information content (AvgIpc) is 2.62. The molecule has 0 aliphatic rings. The summed E-state index contributed by atoms with van der Waals surface area (Å²) >= 11 is 0. The van der Waals surface area contributed by atoms with Crippen LogP contribution in [0.2, 0.25) is 109 Å². The molecule has 0 fully saturated rings. The van der Waals surface area contributed by atoms with E-state index in [9.17, 15) is 0 Å². The highest BCUT2D eigenvalue weighted by Gasteiger charge is 2.42. The van der Waals surface area contributed by atoms with Crippen LogP contribution in [-0.4, -0.2) is 61.7 Å². The van der Waals surface area contributed by atoms with Crippen molar-refractivity contribution >= 4 is 49.9 Å². The fraction of sp³-hybridized carbons (Fsp3) is 1.00. The highest BCUT2D eigenvalue weighted by atomic mass is 28.4. The standard InChI is InChI=1S/C28H70O4Si6/c1-17-22-33(5,6)30-36(11,12)25-20-21-28(4,26-37(13,14)31-34(7,8)23-18-2)29-27-38(15,16)32-35(9,10)24-19-3/h17-27H2,1-16H3. The largest absolute Gasteiger partial charge is 0.455 e. The van der Waals surface area contributed by atoms with Crippen molar-refractivity contribution in [3.63, 3.8) is 0 Å². The molecule has 0 aromatic heterocycles. The van der Waals surface area contributed by atoms with E-state index in [-0.39, 0.29) is 5.60 Å². The lowest BCUT2D eigenvalue weighted by molar-refractivity contribution is -0.00732. The lowest BCUT2D eigenvalue weighted by atomic mass is 10.0. The third-order valence-corrected chi connectivity index (χ3v) is 29.6. The first-order valence-corrected chi connectivity index (χ1v) is 34.4. The van der Waals surface area contributed by atoms with Gasteiger partial charge in [-0.05, 0) is 122 Å². The molecule has 0 N–H and O–H groups in total. The van der Waals surface area contributed by atoms with Gasteiger partial charge in [0.2, 0.25) is 0 Å². The molecule has 1 unspecified atom stereocenters. The fourth-order valence-corrected chi connectivity index (χ4v) is 34.2. The van der Waals surface area contributed by atoms with Crippen molar-refractivity contribution in [1.82, 2.24) is 0 Å². The zero-order chi connectivity index (χ0) is 30.1. The van der Waals surface area contributed by atoms with Gasteiger partial charge in [-0.3, -0.25) is 0 Å². The van der Waals surface area contributed by atoms with Gasteiger partial charge in [-0.25, -0.2) is 0 Å². The highest BCUT2D eigenvalue weighted by Crippen LogP contribution is 2.35. The third-order valence-electron chi connectivity index (χ3n) is 7.27. The van der Waals surface area contributed by atoms with Crippen molar-refractivity contribution in [2.24, 2.45) is 0 Å². The van der Waals surface area contributed by atoms with Crippen molar-refractivity contribution < 1.29 is 17.1 Å². The van der Waals surface area contributed by atoms with E-state index in [0.29, 0.717) is 0 Å². The monoisotopic (exact) mass is 638 g/mol. The van der Waals surface area contributed by atoms with Crippen molar-refractivity contribution in [2.45, 2.75) is 174 Å². The van der Waals surface area contributed by atoms with Crippen LogP contribution in [0.4, 0.5) is 0 Å². The molecule has 0 bridgehead atoms. The molecule has 0 spiro atoms. The Hall–Kier alpha value is 1.14. The summed E-state index contributed by atoms with van der Waals surface area (Å²) in [6, 6.07) is 5.98. The minimum atomic E-state index is -1.93. The normalized spacial score (nSPS) is 16.1. The summed E-state index contributed by atoms with van der Waals surface area (Å²) in [6.07, 6.45) is 6.67. The Bertz CT molecular complexity index is 682. The zero-order valence-corrected chi connectivity index (χ0v) is 34.9. The van der Waals surface area contributed by atoms with Crippen molar-refractivity contribution in [2.75, 3.05) is 6.23 Å². The molecule has 0 aliphatic carbocycles. The predicted octanol–water partition coefficient (Wildman–Crippen LogP) is 10.6. The van der Waals surface area contributed by atoms with Crippen LogP contribution in [0.15, 0.2) is 0 Å². The van der Waals surface area contributed by atoms with Gasteiger partial charge in [0.25, 0.3) is 0 Å². The van der Waals surface area contributed by atoms with E-state index in [1.165, 1.54) is 49.9 Å². The van der Waals surface area contributed by atoms with Gasteiger partial charge in [0, 0.05) is 0 Å². The number of rotatable bonds is 21. The number of hydrogen-bond donors (Lipinski definition) is 0. The quantitative estimate of drug-likeness (QED) is 0.117. The summed E-state index contributed by atoms with van der Waals surface area (Å²) in [5.74, 6) is 0. The van der Waals surface area contributed by atoms with Gasteiger partial charge >= 0.3 is 0 Å². The Labute approximate surface area is 246 Å². The van der Waals surface area contributed by atoms with Gasteiger partial charge in [-0.2, -0.15) is 0 Å². The summed E-state index contributed by atoms with van der Waals surface area (Å²) in [5, 5.41) is 0. The molecule has 0 saturated heterocycles. The zero-order valence-electron chi connectivity index (χ0n) is 28.9. The Morgan fingerprint density at radius 2 is 0.816 bits per heavy atom. The van der Waals surface area contributed by atoms with Crippen molar-refractivity contribution in [3.8, 4) is 0 Å². The van der Waals surface area contributed by atoms with Crippen LogP contribution >= 0.6 is 0 Å². The fourth-order valence-electron chi connectivity index (χ4n) is 6.67. The van der Waals surface area contributed by atoms with Crippen LogP contribution in [0.5, 0.6) is 0 Å². The van der Waals surface area contributed by atoms with Crippen LogP contribution in [-0.2, 0) is 17.1 Å². The predicted molar refractivity (Wildman–Crippen MR) is 187 cm³/mol. The first-order valence-electron chi connectivity index (χ1n) is 15.7. The molecule has 230 valence electrons. The van der Waals surface area contributed by atoms with E-state index in [1.54, 1.807) is 0 Å². The summed E-state index contributed by atoms with van der Waals surface area (Å²) < 4.78 is 27.8. The average molecular weight is 639 g/mol. The lowest BCUT2D eigenvalue weighted by Gasteiger charge is -2.43. The smallest absolute Gasteiger partial charge is 0.199 e. The van der Waals surface area contributed by atoms with E-state index >= 15 is 0 Å². The Morgan fingerprint density at radius 3 is 1.21 bits per heavy atom. The summed E-state index contributed by atoms with van der Waals surface area (Å²) in [7, 11) is -10.4. The van der Waals surface area contributed by atoms with Gasteiger partial charge in [0.15, 0.2) is 49.9 Å². The number of hydrogen-bond acceptors (Lipinski definition) is 4. The molecule has 38 heavy (non-hydrogen) atoms. The SMILES string of the molecule is CCC[Si](C)(C)O[Si](C)(C)CCCC(C)(C[Si](C)(C)O[Si](C)(C)CCC)OC[Si](C)(C)O[Si](C)(C)CCC. The molecular formula is C28H70O4Si6. The van der Waals surface area contributed by atoms with Gasteiger partial charge < -0.3 is 17.1 Å². The Morgan fingerprint density at radius 1 is 0.474 bits per heavy atom. The second-order valence-electron chi connectivity index (χ2n) is 15.9. The molecule has 0 saturated carbocycles. The second kappa shape index (κ2) is 15.6. The van der Waals surface area contributed by atoms with Crippen molar-refractivity contribution in [3.05, 3.63) is 0 Å². The molecule has 0 heterocycles. The Kier molecular flexibility index (Phi) is 16.0. The molecule has 0 rings (SSSR count). The first-order chi connectivity index (χ1) is 16.9. The van der Waals surface area contributed by atoms with Crippen molar-refractivity contribution in [1.29, 1.82) is 0 Å². The summed E-state index contributed by atoms with van der Waals surface area (Å²) in [4.78, 5) is 0. The first kappa shape index (κ1) is 39.1. The summed E-state index contributed by atoms with van der Waals surface area (Å²) in [6.45, 7) is 38.0. The number of ether oxygens (including phenoxy) is 1. The van der Waals surface area contributed by atoms with Crippen LogP contribution in [0.1, 0.15) is 59.8 Å². The molecule has 0 radical (unpaired) electrons. The van der Waals surface area contributed by atoms with Crippen LogP contribution < -0.4 is 0 Å². The lowest BCUT2D eigenvalue weighted by Crippen LogP contribution is -2.52. The van der Waals surface area contributed by atoms with Crippen LogP contribution in [0.3, 0.4) is 0 Å². The topological polar surface area (TPSA) is 36.9 Å². The van der Waals surface area contributed by atoms with Gasteiger partial charge in [-0.1, -0.05) is 46.5 Å². The maximum atomic E-state index is 7.02. The molecule has 0 aromatic rings. The molecule has 10 heteroatoms. The molecule has 4 nitrogen and oxygen atoms in total. The van der Waals surface area contributed by atoms with E-state index in [4.69, 9.17) is 17.1 Å². The molecule has 0 aromatic carbocycles.